The number of hydrogen-bond acceptors (Lipinski definition) is 9. The number of anilines is 1. The molecule has 1 unspecified atom stereocenters. The molecular weight excluding hydrogens is 777 g/mol. The third-order valence-corrected chi connectivity index (χ3v) is 12.3. The average molecular weight is 873 g/mol. The van der Waals surface area contributed by atoms with Gasteiger partial charge in [-0.1, -0.05) is 163 Å². The van der Waals surface area contributed by atoms with Crippen molar-refractivity contribution >= 4 is 23.4 Å². The van der Waals surface area contributed by atoms with Crippen LogP contribution in [0.2, 0.25) is 0 Å². The summed E-state index contributed by atoms with van der Waals surface area (Å²) in [4.78, 5) is 43.2. The lowest BCUT2D eigenvalue weighted by atomic mass is 10.0. The molecule has 0 aliphatic rings. The molecule has 1 rings (SSSR count). The van der Waals surface area contributed by atoms with Crippen molar-refractivity contribution in [3.8, 4) is 0 Å². The van der Waals surface area contributed by atoms with E-state index in [0.717, 1.165) is 135 Å². The number of carbonyl (C=O) groups is 2. The summed E-state index contributed by atoms with van der Waals surface area (Å²) in [5.74, 6) is 0.280. The van der Waals surface area contributed by atoms with Gasteiger partial charge in [0.2, 0.25) is 5.82 Å². The van der Waals surface area contributed by atoms with Crippen molar-refractivity contribution in [2.24, 2.45) is 0 Å². The van der Waals surface area contributed by atoms with Crippen molar-refractivity contribution < 1.29 is 24.0 Å². The van der Waals surface area contributed by atoms with Crippen LogP contribution in [0.15, 0.2) is 18.3 Å². The maximum atomic E-state index is 12.9. The molecule has 0 fully saturated rings. The Morgan fingerprint density at radius 3 is 1.45 bits per heavy atom. The number of esters is 2. The van der Waals surface area contributed by atoms with E-state index in [0.29, 0.717) is 25.2 Å². The molecule has 0 radical (unpaired) electrons. The van der Waals surface area contributed by atoms with E-state index in [9.17, 15) is 19.7 Å². The third-order valence-electron chi connectivity index (χ3n) is 12.3. The zero-order chi connectivity index (χ0) is 45.1. The first-order valence-electron chi connectivity index (χ1n) is 26.3. The minimum atomic E-state index is -0.391. The zero-order valence-electron chi connectivity index (χ0n) is 40.8. The van der Waals surface area contributed by atoms with Crippen molar-refractivity contribution in [2.75, 3.05) is 31.5 Å². The summed E-state index contributed by atoms with van der Waals surface area (Å²) in [6, 6.07) is 3.07. The zero-order valence-corrected chi connectivity index (χ0v) is 40.8. The molecule has 360 valence electrons. The average Bonchev–Trinajstić information content (AvgIpc) is 3.27. The number of carbonyl (C=O) groups excluding carboxylic acids is 2. The van der Waals surface area contributed by atoms with E-state index in [2.05, 4.69) is 42.9 Å². The number of nitrogens with zero attached hydrogens (tertiary/aromatic N) is 3. The molecule has 1 N–H and O–H groups in total. The first kappa shape index (κ1) is 57.3. The van der Waals surface area contributed by atoms with E-state index in [-0.39, 0.29) is 29.8 Å². The molecule has 0 aliphatic carbocycles. The van der Waals surface area contributed by atoms with Gasteiger partial charge in [-0.25, -0.2) is 4.98 Å². The molecule has 1 aromatic rings. The molecule has 0 spiro atoms. The van der Waals surface area contributed by atoms with Gasteiger partial charge in [0.05, 0.1) is 4.92 Å². The fourth-order valence-electron chi connectivity index (χ4n) is 8.35. The molecule has 0 bridgehead atoms. The quantitative estimate of drug-likeness (QED) is 0.0295. The Balaban J connectivity index is 2.44. The first-order valence-corrected chi connectivity index (χ1v) is 26.3. The molecule has 0 amide bonds. The molecule has 0 aromatic carbocycles. The van der Waals surface area contributed by atoms with Crippen molar-refractivity contribution in [2.45, 2.75) is 265 Å². The van der Waals surface area contributed by atoms with Crippen LogP contribution in [-0.2, 0) is 19.1 Å². The van der Waals surface area contributed by atoms with Crippen molar-refractivity contribution in [1.29, 1.82) is 0 Å². The molecule has 10 nitrogen and oxygen atoms in total. The van der Waals surface area contributed by atoms with Gasteiger partial charge in [0.25, 0.3) is 0 Å². The predicted molar refractivity (Wildman–Crippen MR) is 260 cm³/mol. The highest BCUT2D eigenvalue weighted by Crippen LogP contribution is 2.21. The van der Waals surface area contributed by atoms with Crippen LogP contribution in [0.5, 0.6) is 0 Å². The second-order valence-electron chi connectivity index (χ2n) is 18.1. The number of nitro groups is 1. The Hall–Kier alpha value is -2.75. The first-order chi connectivity index (χ1) is 30.3. The largest absolute Gasteiger partial charge is 0.462 e. The molecule has 1 aromatic heterocycles. The summed E-state index contributed by atoms with van der Waals surface area (Å²) in [5.41, 5.74) is 0.00498. The van der Waals surface area contributed by atoms with E-state index in [1.54, 1.807) is 12.3 Å². The van der Waals surface area contributed by atoms with Crippen molar-refractivity contribution in [1.82, 2.24) is 9.88 Å². The van der Waals surface area contributed by atoms with E-state index in [1.165, 1.54) is 102 Å². The fourth-order valence-corrected chi connectivity index (χ4v) is 8.35. The minimum absolute atomic E-state index is 0.00498. The lowest BCUT2D eigenvalue weighted by Gasteiger charge is -2.22. The van der Waals surface area contributed by atoms with Gasteiger partial charge in [-0.05, 0) is 103 Å². The predicted octanol–water partition coefficient (Wildman–Crippen LogP) is 15.3. The SMILES string of the molecule is CCCCCCCCC(CC)OC(=O)CCCCCCCN(CCCCCCCC(=O)OC(CCCCCCCC)CCCCCCCC)CCCNc1ncccc1[N+](=O)[O-]. The summed E-state index contributed by atoms with van der Waals surface area (Å²) < 4.78 is 11.9. The van der Waals surface area contributed by atoms with Crippen molar-refractivity contribution in [3.05, 3.63) is 28.4 Å². The Bertz CT molecular complexity index is 1190. The normalized spacial score (nSPS) is 12.0. The van der Waals surface area contributed by atoms with Gasteiger partial charge in [-0.15, -0.1) is 0 Å². The highest BCUT2D eigenvalue weighted by Gasteiger charge is 2.16. The van der Waals surface area contributed by atoms with Crippen LogP contribution in [0.25, 0.3) is 0 Å². The Labute approximate surface area is 380 Å². The number of rotatable bonds is 46. The molecule has 62 heavy (non-hydrogen) atoms. The van der Waals surface area contributed by atoms with Gasteiger partial charge < -0.3 is 19.7 Å². The number of ether oxygens (including phenoxy) is 2. The number of pyridine rings is 1. The molecule has 1 atom stereocenters. The van der Waals surface area contributed by atoms with Gasteiger partial charge in [0.1, 0.15) is 12.2 Å². The summed E-state index contributed by atoms with van der Waals surface area (Å²) in [6.07, 6.45) is 40.9. The van der Waals surface area contributed by atoms with E-state index in [1.807, 2.05) is 0 Å². The fraction of sp³-hybridized carbons (Fsp3) is 0.865. The maximum Gasteiger partial charge on any atom is 0.311 e. The van der Waals surface area contributed by atoms with Gasteiger partial charge >= 0.3 is 17.6 Å². The monoisotopic (exact) mass is 873 g/mol. The van der Waals surface area contributed by atoms with Crippen LogP contribution in [0.4, 0.5) is 11.5 Å². The summed E-state index contributed by atoms with van der Waals surface area (Å²) in [7, 11) is 0. The maximum absolute atomic E-state index is 12.9. The highest BCUT2D eigenvalue weighted by molar-refractivity contribution is 5.69. The Kier molecular flexibility index (Phi) is 39.0. The van der Waals surface area contributed by atoms with Gasteiger partial charge in [-0.2, -0.15) is 0 Å². The van der Waals surface area contributed by atoms with Gasteiger partial charge in [-0.3, -0.25) is 19.7 Å². The van der Waals surface area contributed by atoms with Gasteiger partial charge in [0, 0.05) is 31.6 Å². The van der Waals surface area contributed by atoms with Crippen molar-refractivity contribution in [3.63, 3.8) is 0 Å². The van der Waals surface area contributed by atoms with Crippen LogP contribution in [0.1, 0.15) is 252 Å². The Morgan fingerprint density at radius 1 is 0.581 bits per heavy atom. The number of unbranched alkanes of at least 4 members (excludes halogenated alkanes) is 23. The van der Waals surface area contributed by atoms with Crippen LogP contribution < -0.4 is 5.32 Å². The summed E-state index contributed by atoms with van der Waals surface area (Å²) in [5, 5.41) is 14.6. The molecular formula is C52H96N4O6. The standard InChI is InChI=1S/C52H96N4O6/c1-5-9-12-15-20-27-36-47(8-4)61-50(57)40-30-23-18-25-32-44-55(46-35-43-54-52-49(56(59)60)39-34-42-53-52)45-33-26-19-24-31-41-51(58)62-48(37-28-21-16-13-10-6-2)38-29-22-17-14-11-7-3/h34,39,42,47-48H,5-33,35-38,40-41,43-46H2,1-4H3,(H,53,54). The van der Waals surface area contributed by atoms with E-state index >= 15 is 0 Å². The van der Waals surface area contributed by atoms with E-state index in [4.69, 9.17) is 9.47 Å². The smallest absolute Gasteiger partial charge is 0.311 e. The van der Waals surface area contributed by atoms with Crippen LogP contribution >= 0.6 is 0 Å². The topological polar surface area (TPSA) is 124 Å². The number of aromatic nitrogens is 1. The third kappa shape index (κ3) is 33.8. The van der Waals surface area contributed by atoms with Crippen LogP contribution in [-0.4, -0.2) is 65.1 Å². The molecule has 0 saturated carbocycles. The summed E-state index contributed by atoms with van der Waals surface area (Å²) in [6.45, 7) is 12.5. The number of nitrogens with one attached hydrogen (secondary N) is 1. The molecule has 10 heteroatoms. The molecule has 0 saturated heterocycles. The molecule has 1 heterocycles. The lowest BCUT2D eigenvalue weighted by molar-refractivity contribution is -0.384. The van der Waals surface area contributed by atoms with E-state index < -0.39 is 4.92 Å². The van der Waals surface area contributed by atoms with Crippen LogP contribution in [0.3, 0.4) is 0 Å². The second kappa shape index (κ2) is 42.2. The summed E-state index contributed by atoms with van der Waals surface area (Å²) >= 11 is 0. The number of hydrogen-bond donors (Lipinski definition) is 1. The minimum Gasteiger partial charge on any atom is -0.462 e. The lowest BCUT2D eigenvalue weighted by Crippen LogP contribution is -2.28. The highest BCUT2D eigenvalue weighted by atomic mass is 16.6. The molecule has 0 aliphatic heterocycles. The second-order valence-corrected chi connectivity index (χ2v) is 18.1. The Morgan fingerprint density at radius 2 is 0.984 bits per heavy atom. The van der Waals surface area contributed by atoms with Gasteiger partial charge in [0.15, 0.2) is 0 Å². The van der Waals surface area contributed by atoms with Crippen LogP contribution in [0, 0.1) is 10.1 Å².